The summed E-state index contributed by atoms with van der Waals surface area (Å²) in [6.07, 6.45) is -0.319. The predicted octanol–water partition coefficient (Wildman–Crippen LogP) is 2.43. The van der Waals surface area contributed by atoms with E-state index >= 15 is 0 Å². The molecule has 2 aliphatic rings. The van der Waals surface area contributed by atoms with E-state index < -0.39 is 24.0 Å². The van der Waals surface area contributed by atoms with Gasteiger partial charge in [0, 0.05) is 30.9 Å². The van der Waals surface area contributed by atoms with Crippen molar-refractivity contribution in [2.45, 2.75) is 25.4 Å². The van der Waals surface area contributed by atoms with Gasteiger partial charge < -0.3 is 25.4 Å². The molecule has 2 aromatic rings. The summed E-state index contributed by atoms with van der Waals surface area (Å²) in [5.74, 6) is -1.36. The third-order valence-electron chi connectivity index (χ3n) is 6.37. The normalized spacial score (nSPS) is 16.7. The van der Waals surface area contributed by atoms with E-state index in [0.29, 0.717) is 53.1 Å². The third kappa shape index (κ3) is 8.39. The minimum atomic E-state index is -0.750. The standard InChI is InChI=1S/C26H30ClN5O7S.ClH/c27-21-9-8-20(40-21)25(36)32(23(34)3-1-2-10-29-22(33)13-28)15-19-14-31(26(37)39-19)18-6-4-17(5-7-18)30-11-12-38-16-24(30)35;/h4-9,19H,1-3,10-16,28H2,(H,29,33);1H/t19-;/m1./s1. The molecule has 1 aromatic heterocycles. The Labute approximate surface area is 252 Å². The van der Waals surface area contributed by atoms with Crippen molar-refractivity contribution in [1.29, 1.82) is 0 Å². The first kappa shape index (κ1) is 32.3. The predicted molar refractivity (Wildman–Crippen MR) is 156 cm³/mol. The summed E-state index contributed by atoms with van der Waals surface area (Å²) in [6, 6.07) is 10.0. The van der Waals surface area contributed by atoms with Crippen molar-refractivity contribution in [1.82, 2.24) is 10.2 Å². The number of halogens is 2. The van der Waals surface area contributed by atoms with Crippen LogP contribution in [0.3, 0.4) is 0 Å². The van der Waals surface area contributed by atoms with Gasteiger partial charge in [-0.15, -0.1) is 23.7 Å². The van der Waals surface area contributed by atoms with E-state index in [0.717, 1.165) is 16.2 Å². The number of rotatable bonds is 11. The number of nitrogens with one attached hydrogen (secondary N) is 1. The van der Waals surface area contributed by atoms with Crippen LogP contribution in [-0.4, -0.2) is 86.7 Å². The number of unbranched alkanes of at least 4 members (excludes halogenated alkanes) is 1. The topological polar surface area (TPSA) is 152 Å². The van der Waals surface area contributed by atoms with Crippen LogP contribution in [0.2, 0.25) is 4.34 Å². The van der Waals surface area contributed by atoms with Gasteiger partial charge in [-0.25, -0.2) is 4.79 Å². The Kier molecular flexibility index (Phi) is 11.9. The lowest BCUT2D eigenvalue weighted by molar-refractivity contribution is -0.129. The second kappa shape index (κ2) is 15.1. The summed E-state index contributed by atoms with van der Waals surface area (Å²) >= 11 is 7.06. The Hall–Kier alpha value is -3.23. The van der Waals surface area contributed by atoms with Crippen LogP contribution >= 0.6 is 35.3 Å². The van der Waals surface area contributed by atoms with Crippen LogP contribution in [0.5, 0.6) is 0 Å². The van der Waals surface area contributed by atoms with Crippen molar-refractivity contribution in [3.05, 3.63) is 45.6 Å². The Morgan fingerprint density at radius 3 is 2.41 bits per heavy atom. The van der Waals surface area contributed by atoms with Gasteiger partial charge in [0.25, 0.3) is 11.8 Å². The lowest BCUT2D eigenvalue weighted by Crippen LogP contribution is -2.43. The minimum Gasteiger partial charge on any atom is -0.442 e. The van der Waals surface area contributed by atoms with E-state index in [-0.39, 0.29) is 56.9 Å². The summed E-state index contributed by atoms with van der Waals surface area (Å²) in [4.78, 5) is 66.9. The molecule has 0 spiro atoms. The number of thiophene rings is 1. The molecule has 0 saturated carbocycles. The number of hydrogen-bond donors (Lipinski definition) is 2. The molecule has 222 valence electrons. The third-order valence-corrected chi connectivity index (χ3v) is 7.59. The van der Waals surface area contributed by atoms with Crippen molar-refractivity contribution in [3.8, 4) is 0 Å². The maximum atomic E-state index is 13.2. The summed E-state index contributed by atoms with van der Waals surface area (Å²) in [7, 11) is 0. The zero-order valence-electron chi connectivity index (χ0n) is 22.1. The number of carbonyl (C=O) groups is 5. The number of imide groups is 1. The number of anilines is 2. The fraction of sp³-hybridized carbons (Fsp3) is 0.423. The number of carbonyl (C=O) groups excluding carboxylic acids is 5. The van der Waals surface area contributed by atoms with Crippen molar-refractivity contribution >= 4 is 76.4 Å². The molecule has 0 bridgehead atoms. The molecule has 12 nitrogen and oxygen atoms in total. The van der Waals surface area contributed by atoms with Gasteiger partial charge in [0.2, 0.25) is 11.8 Å². The molecule has 3 heterocycles. The molecular weight excluding hydrogens is 597 g/mol. The van der Waals surface area contributed by atoms with Crippen LogP contribution < -0.4 is 20.9 Å². The summed E-state index contributed by atoms with van der Waals surface area (Å²) in [5.41, 5.74) is 6.52. The highest BCUT2D eigenvalue weighted by atomic mass is 35.5. The van der Waals surface area contributed by atoms with Gasteiger partial charge in [-0.2, -0.15) is 0 Å². The molecule has 0 radical (unpaired) electrons. The number of nitrogens with two attached hydrogens (primary N) is 1. The Morgan fingerprint density at radius 1 is 1.07 bits per heavy atom. The van der Waals surface area contributed by atoms with Crippen molar-refractivity contribution in [3.63, 3.8) is 0 Å². The van der Waals surface area contributed by atoms with Crippen LogP contribution in [0.15, 0.2) is 36.4 Å². The number of hydrogen-bond acceptors (Lipinski definition) is 9. The Morgan fingerprint density at radius 2 is 1.78 bits per heavy atom. The first-order chi connectivity index (χ1) is 19.3. The summed E-state index contributed by atoms with van der Waals surface area (Å²) in [5, 5.41) is 2.64. The van der Waals surface area contributed by atoms with Gasteiger partial charge in [-0.3, -0.25) is 29.0 Å². The average molecular weight is 629 g/mol. The quantitative estimate of drug-likeness (QED) is 0.360. The lowest BCUT2D eigenvalue weighted by Gasteiger charge is -2.27. The summed E-state index contributed by atoms with van der Waals surface area (Å²) in [6.45, 7) is 1.18. The highest BCUT2D eigenvalue weighted by molar-refractivity contribution is 7.18. The smallest absolute Gasteiger partial charge is 0.414 e. The molecule has 0 aliphatic carbocycles. The van der Waals surface area contributed by atoms with Gasteiger partial charge in [0.15, 0.2) is 0 Å². The SMILES string of the molecule is Cl.NCC(=O)NCCCCC(=O)N(C[C@H]1CN(c2ccc(N3CCOCC3=O)cc2)C(=O)O1)C(=O)c1ccc(Cl)s1. The van der Waals surface area contributed by atoms with E-state index in [1.165, 1.54) is 4.90 Å². The van der Waals surface area contributed by atoms with Crippen molar-refractivity contribution in [2.75, 3.05) is 55.7 Å². The molecule has 2 aliphatic heterocycles. The molecule has 1 aromatic carbocycles. The number of benzene rings is 1. The van der Waals surface area contributed by atoms with Crippen LogP contribution in [0.25, 0.3) is 0 Å². The second-order valence-electron chi connectivity index (χ2n) is 9.16. The van der Waals surface area contributed by atoms with Crippen LogP contribution in [0, 0.1) is 0 Å². The Balaban J connectivity index is 0.00000462. The van der Waals surface area contributed by atoms with Gasteiger partial charge in [0.1, 0.15) is 12.7 Å². The fourth-order valence-electron chi connectivity index (χ4n) is 4.33. The van der Waals surface area contributed by atoms with Gasteiger partial charge in [-0.1, -0.05) is 11.6 Å². The maximum absolute atomic E-state index is 13.2. The molecule has 2 fully saturated rings. The fourth-order valence-corrected chi connectivity index (χ4v) is 5.32. The van der Waals surface area contributed by atoms with Crippen LogP contribution in [0.4, 0.5) is 16.2 Å². The minimum absolute atomic E-state index is 0. The molecule has 5 amide bonds. The molecule has 15 heteroatoms. The van der Waals surface area contributed by atoms with Gasteiger partial charge in [0.05, 0.1) is 35.5 Å². The molecule has 41 heavy (non-hydrogen) atoms. The van der Waals surface area contributed by atoms with Crippen LogP contribution in [0.1, 0.15) is 28.9 Å². The average Bonchev–Trinajstić information content (AvgIpc) is 3.56. The highest BCUT2D eigenvalue weighted by Crippen LogP contribution is 2.27. The van der Waals surface area contributed by atoms with Crippen molar-refractivity contribution in [2.24, 2.45) is 5.73 Å². The van der Waals surface area contributed by atoms with Crippen LogP contribution in [-0.2, 0) is 23.9 Å². The first-order valence-electron chi connectivity index (χ1n) is 12.8. The van der Waals surface area contributed by atoms with E-state index in [2.05, 4.69) is 5.32 Å². The molecule has 1 atom stereocenters. The monoisotopic (exact) mass is 627 g/mol. The zero-order valence-corrected chi connectivity index (χ0v) is 24.5. The number of amides is 5. The van der Waals surface area contributed by atoms with E-state index in [9.17, 15) is 24.0 Å². The maximum Gasteiger partial charge on any atom is 0.414 e. The molecule has 0 unspecified atom stereocenters. The molecule has 3 N–H and O–H groups in total. The zero-order chi connectivity index (χ0) is 28.6. The number of nitrogens with zero attached hydrogens (tertiary/aromatic N) is 3. The number of ether oxygens (including phenoxy) is 2. The number of cyclic esters (lactones) is 1. The largest absolute Gasteiger partial charge is 0.442 e. The van der Waals surface area contributed by atoms with Gasteiger partial charge >= 0.3 is 6.09 Å². The lowest BCUT2D eigenvalue weighted by atomic mass is 10.2. The van der Waals surface area contributed by atoms with E-state index in [1.54, 1.807) is 41.3 Å². The second-order valence-corrected chi connectivity index (χ2v) is 10.9. The molecule has 2 saturated heterocycles. The van der Waals surface area contributed by atoms with E-state index in [1.807, 2.05) is 0 Å². The molecule has 4 rings (SSSR count). The number of morpholine rings is 1. The highest BCUT2D eigenvalue weighted by Gasteiger charge is 2.36. The summed E-state index contributed by atoms with van der Waals surface area (Å²) < 4.78 is 11.1. The van der Waals surface area contributed by atoms with Gasteiger partial charge in [-0.05, 0) is 49.2 Å². The van der Waals surface area contributed by atoms with E-state index in [4.69, 9.17) is 26.8 Å². The first-order valence-corrected chi connectivity index (χ1v) is 14.0. The van der Waals surface area contributed by atoms with Crippen molar-refractivity contribution < 1.29 is 33.4 Å². The Bertz CT molecular complexity index is 1260. The molecular formula is C26H31Cl2N5O7S.